The lowest BCUT2D eigenvalue weighted by molar-refractivity contribution is -0.138. The van der Waals surface area contributed by atoms with E-state index in [0.29, 0.717) is 22.6 Å². The number of amides is 4. The van der Waals surface area contributed by atoms with Crippen LogP contribution in [0.5, 0.6) is 0 Å². The third kappa shape index (κ3) is 2.76. The Labute approximate surface area is 164 Å². The molecule has 2 aromatic rings. The fourth-order valence-corrected chi connectivity index (χ4v) is 3.25. The first kappa shape index (κ1) is 18.1. The van der Waals surface area contributed by atoms with E-state index in [4.69, 9.17) is 4.42 Å². The minimum atomic E-state index is -0.641. The Morgan fingerprint density at radius 3 is 2.48 bits per heavy atom. The molecule has 2 aliphatic rings. The van der Waals surface area contributed by atoms with Gasteiger partial charge < -0.3 is 4.42 Å². The largest absolute Gasteiger partial charge is 0.457 e. The number of nitriles is 1. The molecule has 0 unspecified atom stereocenters. The Morgan fingerprint density at radius 1 is 1.03 bits per heavy atom. The van der Waals surface area contributed by atoms with Crippen LogP contribution in [-0.2, 0) is 9.59 Å². The molecule has 0 spiro atoms. The number of hydrogen-bond acceptors (Lipinski definition) is 6. The molecule has 1 N–H and O–H groups in total. The predicted molar refractivity (Wildman–Crippen MR) is 100 cm³/mol. The van der Waals surface area contributed by atoms with Gasteiger partial charge >= 0.3 is 0 Å². The normalized spacial score (nSPS) is 17.7. The smallest absolute Gasteiger partial charge is 0.271 e. The van der Waals surface area contributed by atoms with Crippen molar-refractivity contribution in [2.75, 3.05) is 7.05 Å². The average Bonchev–Trinajstić information content (AvgIpc) is 3.28. The topological polar surface area (TPSA) is 120 Å². The fraction of sp³-hybridized carbons (Fsp3) is 0.0952. The molecule has 29 heavy (non-hydrogen) atoms. The van der Waals surface area contributed by atoms with Crippen LogP contribution in [0.4, 0.5) is 0 Å². The van der Waals surface area contributed by atoms with E-state index in [0.717, 1.165) is 4.90 Å². The molecule has 142 valence electrons. The highest BCUT2D eigenvalue weighted by atomic mass is 16.3. The summed E-state index contributed by atoms with van der Waals surface area (Å²) in [4.78, 5) is 48.9. The number of carbonyl (C=O) groups is 4. The summed E-state index contributed by atoms with van der Waals surface area (Å²) in [6.45, 7) is 1.53. The van der Waals surface area contributed by atoms with Crippen LogP contribution >= 0.6 is 0 Å². The van der Waals surface area contributed by atoms with E-state index in [1.807, 2.05) is 6.07 Å². The summed E-state index contributed by atoms with van der Waals surface area (Å²) in [5, 5.41) is 11.4. The van der Waals surface area contributed by atoms with Gasteiger partial charge in [0.2, 0.25) is 0 Å². The number of carbonyl (C=O) groups excluding carboxylic acids is 4. The summed E-state index contributed by atoms with van der Waals surface area (Å²) >= 11 is 0. The maximum Gasteiger partial charge on any atom is 0.271 e. The number of benzene rings is 1. The molecule has 1 aromatic carbocycles. The van der Waals surface area contributed by atoms with Crippen LogP contribution in [-0.4, -0.2) is 35.6 Å². The fourth-order valence-electron chi connectivity index (χ4n) is 3.25. The Kier molecular flexibility index (Phi) is 4.01. The van der Waals surface area contributed by atoms with Gasteiger partial charge in [0.05, 0.1) is 11.1 Å². The first-order valence-electron chi connectivity index (χ1n) is 8.57. The van der Waals surface area contributed by atoms with Crippen molar-refractivity contribution in [2.24, 2.45) is 0 Å². The van der Waals surface area contributed by atoms with E-state index in [-0.39, 0.29) is 22.3 Å². The summed E-state index contributed by atoms with van der Waals surface area (Å²) in [5.41, 5.74) is 1.53. The summed E-state index contributed by atoms with van der Waals surface area (Å²) < 4.78 is 5.77. The molecule has 0 atom stereocenters. The highest BCUT2D eigenvalue weighted by molar-refractivity contribution is 6.22. The zero-order valence-electron chi connectivity index (χ0n) is 15.4. The quantitative estimate of drug-likeness (QED) is 0.622. The van der Waals surface area contributed by atoms with Gasteiger partial charge in [-0.15, -0.1) is 0 Å². The van der Waals surface area contributed by atoms with Gasteiger partial charge in [-0.25, -0.2) is 0 Å². The molecule has 0 saturated carbocycles. The van der Waals surface area contributed by atoms with Gasteiger partial charge in [0.25, 0.3) is 23.6 Å². The molecule has 3 heterocycles. The van der Waals surface area contributed by atoms with E-state index < -0.39 is 23.6 Å². The summed E-state index contributed by atoms with van der Waals surface area (Å²) in [6.07, 6.45) is 1.46. The summed E-state index contributed by atoms with van der Waals surface area (Å²) in [7, 11) is 1.31. The van der Waals surface area contributed by atoms with E-state index in [1.165, 1.54) is 20.0 Å². The van der Waals surface area contributed by atoms with Crippen molar-refractivity contribution in [3.05, 3.63) is 63.9 Å². The molecule has 0 fully saturated rings. The van der Waals surface area contributed by atoms with Crippen LogP contribution in [0.25, 0.3) is 17.4 Å². The lowest BCUT2D eigenvalue weighted by Gasteiger charge is -2.23. The third-order valence-corrected chi connectivity index (χ3v) is 4.88. The first-order valence-corrected chi connectivity index (χ1v) is 8.57. The molecule has 0 radical (unpaired) electrons. The number of hydrogen-bond donors (Lipinski definition) is 1. The number of fused-ring (bicyclic) bond motifs is 1. The van der Waals surface area contributed by atoms with Gasteiger partial charge in [0, 0.05) is 18.2 Å². The maximum atomic E-state index is 12.5. The molecule has 2 aliphatic heterocycles. The second-order valence-electron chi connectivity index (χ2n) is 6.58. The SMILES string of the molecule is CC1=C(C#N)C(=O)N(C)C(=O)/C1=C\c1ccc(-c2ccc3c(c2)C(=O)NC3=O)o1. The highest BCUT2D eigenvalue weighted by Crippen LogP contribution is 2.30. The Hall–Kier alpha value is -4.25. The second kappa shape index (κ2) is 6.42. The van der Waals surface area contributed by atoms with E-state index in [2.05, 4.69) is 5.32 Å². The molecule has 4 amide bonds. The van der Waals surface area contributed by atoms with Crippen molar-refractivity contribution < 1.29 is 23.6 Å². The number of likely N-dealkylation sites (N-methyl/N-ethyl adjacent to an activating group) is 1. The van der Waals surface area contributed by atoms with Crippen molar-refractivity contribution in [3.63, 3.8) is 0 Å². The van der Waals surface area contributed by atoms with Crippen molar-refractivity contribution in [1.29, 1.82) is 5.26 Å². The zero-order valence-corrected chi connectivity index (χ0v) is 15.4. The van der Waals surface area contributed by atoms with Crippen molar-refractivity contribution in [2.45, 2.75) is 6.92 Å². The molecule has 8 heteroatoms. The third-order valence-electron chi connectivity index (χ3n) is 4.88. The molecule has 0 bridgehead atoms. The molecule has 0 aliphatic carbocycles. The standard InChI is InChI=1S/C21H13N3O5/c1-10-14(20(27)24(2)21(28)16(10)9-22)8-12-4-6-17(29-12)11-3-5-13-15(7-11)19(26)23-18(13)25/h3-8H,1-2H3,(H,23,25,26)/b14-8-. The van der Waals surface area contributed by atoms with Crippen molar-refractivity contribution >= 4 is 29.7 Å². The van der Waals surface area contributed by atoms with Crippen molar-refractivity contribution in [3.8, 4) is 17.4 Å². The first-order chi connectivity index (χ1) is 13.8. The number of imide groups is 2. The molecule has 8 nitrogen and oxygen atoms in total. The van der Waals surface area contributed by atoms with E-state index in [1.54, 1.807) is 30.3 Å². The molecule has 4 rings (SSSR count). The minimum Gasteiger partial charge on any atom is -0.457 e. The summed E-state index contributed by atoms with van der Waals surface area (Å²) in [5.74, 6) is -1.31. The second-order valence-corrected chi connectivity index (χ2v) is 6.58. The van der Waals surface area contributed by atoms with Crippen LogP contribution in [0, 0.1) is 11.3 Å². The van der Waals surface area contributed by atoms with Gasteiger partial charge in [0.15, 0.2) is 0 Å². The van der Waals surface area contributed by atoms with E-state index >= 15 is 0 Å². The number of nitrogens with one attached hydrogen (secondary N) is 1. The van der Waals surface area contributed by atoms with Crippen LogP contribution in [0.1, 0.15) is 33.4 Å². The van der Waals surface area contributed by atoms with Gasteiger partial charge in [-0.2, -0.15) is 5.26 Å². The number of nitrogens with zero attached hydrogens (tertiary/aromatic N) is 2. The highest BCUT2D eigenvalue weighted by Gasteiger charge is 2.33. The Morgan fingerprint density at radius 2 is 1.76 bits per heavy atom. The van der Waals surface area contributed by atoms with Crippen molar-refractivity contribution in [1.82, 2.24) is 10.2 Å². The number of rotatable bonds is 2. The van der Waals surface area contributed by atoms with Crippen LogP contribution in [0.2, 0.25) is 0 Å². The monoisotopic (exact) mass is 387 g/mol. The average molecular weight is 387 g/mol. The molecular formula is C21H13N3O5. The summed E-state index contributed by atoms with van der Waals surface area (Å²) in [6, 6.07) is 9.88. The number of furan rings is 1. The van der Waals surface area contributed by atoms with Gasteiger partial charge in [-0.3, -0.25) is 29.4 Å². The maximum absolute atomic E-state index is 12.5. The Balaban J connectivity index is 1.73. The Bertz CT molecular complexity index is 1240. The lowest BCUT2D eigenvalue weighted by atomic mass is 9.95. The zero-order chi connectivity index (χ0) is 20.9. The lowest BCUT2D eigenvalue weighted by Crippen LogP contribution is -2.39. The minimum absolute atomic E-state index is 0.0977. The molecule has 1 aromatic heterocycles. The predicted octanol–water partition coefficient (Wildman–Crippen LogP) is 2.05. The molecule has 0 saturated heterocycles. The van der Waals surface area contributed by atoms with Crippen LogP contribution < -0.4 is 5.32 Å². The van der Waals surface area contributed by atoms with E-state index in [9.17, 15) is 24.4 Å². The van der Waals surface area contributed by atoms with Crippen LogP contribution in [0.15, 0.2) is 51.5 Å². The van der Waals surface area contributed by atoms with Gasteiger partial charge in [-0.1, -0.05) is 6.07 Å². The van der Waals surface area contributed by atoms with Gasteiger partial charge in [-0.05, 0) is 42.8 Å². The molecular weight excluding hydrogens is 374 g/mol. The van der Waals surface area contributed by atoms with Gasteiger partial charge in [0.1, 0.15) is 23.2 Å². The van der Waals surface area contributed by atoms with Crippen LogP contribution in [0.3, 0.4) is 0 Å².